The van der Waals surface area contributed by atoms with E-state index >= 15 is 0 Å². The summed E-state index contributed by atoms with van der Waals surface area (Å²) in [6.45, 7) is 2.52. The summed E-state index contributed by atoms with van der Waals surface area (Å²) in [6.07, 6.45) is 1.81. The van der Waals surface area contributed by atoms with Crippen LogP contribution in [0.15, 0.2) is 6.33 Å². The molecule has 0 aliphatic carbocycles. The van der Waals surface area contributed by atoms with Crippen molar-refractivity contribution in [2.24, 2.45) is 0 Å². The van der Waals surface area contributed by atoms with Gasteiger partial charge in [0.2, 0.25) is 5.82 Å². The van der Waals surface area contributed by atoms with Crippen LogP contribution in [-0.2, 0) is 0 Å². The maximum atomic E-state index is 11.0. The van der Waals surface area contributed by atoms with Crippen molar-refractivity contribution < 1.29 is 14.8 Å². The first-order valence-electron chi connectivity index (χ1n) is 5.51. The summed E-state index contributed by atoms with van der Waals surface area (Å²) in [4.78, 5) is 19.7. The minimum Gasteiger partial charge on any atom is -0.476 e. The molecule has 0 radical (unpaired) electrons. The predicted molar refractivity (Wildman–Crippen MR) is 62.7 cm³/mol. The number of hydrogen-bond acceptors (Lipinski definition) is 7. The Bertz CT molecular complexity index is 473. The summed E-state index contributed by atoms with van der Waals surface area (Å²) in [5.74, 6) is 0.113. The molecule has 1 saturated heterocycles. The quantitative estimate of drug-likeness (QED) is 0.611. The highest BCUT2D eigenvalue weighted by molar-refractivity contribution is 5.64. The van der Waals surface area contributed by atoms with Crippen LogP contribution in [0.3, 0.4) is 0 Å². The predicted octanol–water partition coefficient (Wildman–Crippen LogP) is 0.354. The fraction of sp³-hybridized carbons (Fsp3) is 0.600. The number of methoxy groups -OCH3 is 1. The Morgan fingerprint density at radius 1 is 1.61 bits per heavy atom. The summed E-state index contributed by atoms with van der Waals surface area (Å²) in [6, 6.07) is 0. The first-order chi connectivity index (χ1) is 8.50. The molecule has 0 amide bonds. The molecule has 0 atom stereocenters. The van der Waals surface area contributed by atoms with Gasteiger partial charge in [0.05, 0.1) is 30.7 Å². The van der Waals surface area contributed by atoms with Crippen molar-refractivity contribution in [1.29, 1.82) is 0 Å². The molecule has 8 nitrogen and oxygen atoms in total. The monoisotopic (exact) mass is 254 g/mol. The van der Waals surface area contributed by atoms with Crippen LogP contribution < -0.4 is 9.64 Å². The van der Waals surface area contributed by atoms with Crippen molar-refractivity contribution in [3.8, 4) is 5.88 Å². The molecule has 0 saturated carbocycles. The highest BCUT2D eigenvalue weighted by atomic mass is 16.6. The molecule has 1 N–H and O–H groups in total. The summed E-state index contributed by atoms with van der Waals surface area (Å²) < 4.78 is 4.86. The van der Waals surface area contributed by atoms with Gasteiger partial charge in [-0.15, -0.1) is 0 Å². The van der Waals surface area contributed by atoms with Crippen molar-refractivity contribution in [2.45, 2.75) is 18.9 Å². The van der Waals surface area contributed by atoms with Crippen molar-refractivity contribution >= 4 is 11.5 Å². The van der Waals surface area contributed by atoms with Crippen LogP contribution in [0.25, 0.3) is 0 Å². The number of aromatic nitrogens is 2. The second kappa shape index (κ2) is 4.37. The fourth-order valence-corrected chi connectivity index (χ4v) is 1.93. The van der Waals surface area contributed by atoms with Crippen molar-refractivity contribution in [3.63, 3.8) is 0 Å². The topological polar surface area (TPSA) is 102 Å². The van der Waals surface area contributed by atoms with Gasteiger partial charge in [-0.3, -0.25) is 10.1 Å². The lowest BCUT2D eigenvalue weighted by molar-refractivity contribution is -0.385. The third kappa shape index (κ3) is 1.94. The van der Waals surface area contributed by atoms with E-state index in [1.807, 2.05) is 6.92 Å². The van der Waals surface area contributed by atoms with Crippen molar-refractivity contribution in [2.75, 3.05) is 25.1 Å². The van der Waals surface area contributed by atoms with E-state index in [0.717, 1.165) is 0 Å². The second-order valence-electron chi connectivity index (χ2n) is 4.25. The maximum Gasteiger partial charge on any atom is 0.372 e. The zero-order chi connectivity index (χ0) is 13.3. The molecular formula is C10H14N4O4. The molecule has 0 spiro atoms. The van der Waals surface area contributed by atoms with Crippen LogP contribution in [0.5, 0.6) is 5.88 Å². The summed E-state index contributed by atoms with van der Waals surface area (Å²) >= 11 is 0. The molecule has 98 valence electrons. The van der Waals surface area contributed by atoms with Gasteiger partial charge in [-0.25, -0.2) is 4.98 Å². The van der Waals surface area contributed by atoms with E-state index in [0.29, 0.717) is 19.5 Å². The zero-order valence-electron chi connectivity index (χ0n) is 10.2. The number of β-amino-alcohol motifs (C(OH)–C–C–N with tert-alkyl or cyclic N) is 1. The smallest absolute Gasteiger partial charge is 0.372 e. The largest absolute Gasteiger partial charge is 0.476 e. The van der Waals surface area contributed by atoms with Crippen LogP contribution in [-0.4, -0.2) is 45.8 Å². The lowest BCUT2D eigenvalue weighted by atomic mass is 9.91. The van der Waals surface area contributed by atoms with Gasteiger partial charge in [-0.2, -0.15) is 4.98 Å². The number of aliphatic hydroxyl groups is 1. The minimum atomic E-state index is -0.786. The Morgan fingerprint density at radius 3 is 2.78 bits per heavy atom. The van der Waals surface area contributed by atoms with E-state index in [1.54, 1.807) is 4.90 Å². The summed E-state index contributed by atoms with van der Waals surface area (Å²) in [5.41, 5.74) is -1.05. The first-order valence-corrected chi connectivity index (χ1v) is 5.51. The molecule has 1 aromatic rings. The highest BCUT2D eigenvalue weighted by Gasteiger charge is 2.43. The SMILES string of the molecule is CCC1(O)CN(c2ncnc(OC)c2[N+](=O)[O-])C1. The third-order valence-electron chi connectivity index (χ3n) is 3.07. The molecule has 0 bridgehead atoms. The van der Waals surface area contributed by atoms with E-state index in [1.165, 1.54) is 13.4 Å². The Balaban J connectivity index is 2.32. The van der Waals surface area contributed by atoms with Gasteiger partial charge in [0.1, 0.15) is 6.33 Å². The van der Waals surface area contributed by atoms with Gasteiger partial charge in [0.25, 0.3) is 5.88 Å². The Kier molecular flexibility index (Phi) is 3.04. The number of rotatable bonds is 4. The molecule has 2 heterocycles. The normalized spacial score (nSPS) is 17.2. The Hall–Kier alpha value is -1.96. The van der Waals surface area contributed by atoms with E-state index in [-0.39, 0.29) is 17.4 Å². The van der Waals surface area contributed by atoms with Crippen LogP contribution in [0.2, 0.25) is 0 Å². The van der Waals surface area contributed by atoms with E-state index < -0.39 is 10.5 Å². The molecular weight excluding hydrogens is 240 g/mol. The standard InChI is InChI=1S/C10H14N4O4/c1-3-10(15)4-13(5-10)8-7(14(16)17)9(18-2)12-6-11-8/h6,15H,3-5H2,1-2H3. The summed E-state index contributed by atoms with van der Waals surface area (Å²) in [7, 11) is 1.32. The third-order valence-corrected chi connectivity index (χ3v) is 3.07. The molecule has 1 aromatic heterocycles. The molecule has 0 aromatic carbocycles. The van der Waals surface area contributed by atoms with Gasteiger partial charge in [-0.1, -0.05) is 6.92 Å². The molecule has 2 rings (SSSR count). The van der Waals surface area contributed by atoms with Crippen LogP contribution in [0, 0.1) is 10.1 Å². The van der Waals surface area contributed by atoms with Crippen LogP contribution in [0.1, 0.15) is 13.3 Å². The lowest BCUT2D eigenvalue weighted by Crippen LogP contribution is -2.62. The van der Waals surface area contributed by atoms with Gasteiger partial charge in [0, 0.05) is 0 Å². The number of ether oxygens (including phenoxy) is 1. The Labute approximate surface area is 103 Å². The van der Waals surface area contributed by atoms with Gasteiger partial charge in [0.15, 0.2) is 0 Å². The van der Waals surface area contributed by atoms with Crippen LogP contribution in [0.4, 0.5) is 11.5 Å². The summed E-state index contributed by atoms with van der Waals surface area (Å²) in [5, 5.41) is 21.0. The molecule has 0 unspecified atom stereocenters. The number of hydrogen-bond donors (Lipinski definition) is 1. The average molecular weight is 254 g/mol. The van der Waals surface area contributed by atoms with Gasteiger partial charge in [-0.05, 0) is 6.42 Å². The van der Waals surface area contributed by atoms with Gasteiger partial charge < -0.3 is 14.7 Å². The maximum absolute atomic E-state index is 11.0. The van der Waals surface area contributed by atoms with Crippen LogP contribution >= 0.6 is 0 Å². The molecule has 1 aliphatic heterocycles. The number of anilines is 1. The van der Waals surface area contributed by atoms with E-state index in [2.05, 4.69) is 9.97 Å². The van der Waals surface area contributed by atoms with Crippen molar-refractivity contribution in [3.05, 3.63) is 16.4 Å². The minimum absolute atomic E-state index is 0.0723. The van der Waals surface area contributed by atoms with E-state index in [4.69, 9.17) is 4.74 Å². The zero-order valence-corrected chi connectivity index (χ0v) is 10.2. The first kappa shape index (κ1) is 12.5. The molecule has 8 heteroatoms. The highest BCUT2D eigenvalue weighted by Crippen LogP contribution is 2.38. The van der Waals surface area contributed by atoms with E-state index in [9.17, 15) is 15.2 Å². The number of nitrogens with zero attached hydrogens (tertiary/aromatic N) is 4. The van der Waals surface area contributed by atoms with Gasteiger partial charge >= 0.3 is 5.69 Å². The molecule has 1 fully saturated rings. The molecule has 18 heavy (non-hydrogen) atoms. The Morgan fingerprint density at radius 2 is 2.28 bits per heavy atom. The number of nitro groups is 1. The second-order valence-corrected chi connectivity index (χ2v) is 4.25. The van der Waals surface area contributed by atoms with Crippen molar-refractivity contribution in [1.82, 2.24) is 9.97 Å². The fourth-order valence-electron chi connectivity index (χ4n) is 1.93. The lowest BCUT2D eigenvalue weighted by Gasteiger charge is -2.46. The molecule has 1 aliphatic rings. The average Bonchev–Trinajstić information content (AvgIpc) is 2.33.